The first-order valence-electron chi connectivity index (χ1n) is 11.8. The normalized spacial score (nSPS) is 14.2. The molecule has 0 atom stereocenters. The van der Waals surface area contributed by atoms with Gasteiger partial charge in [-0.1, -0.05) is 35.9 Å². The van der Waals surface area contributed by atoms with E-state index >= 15 is 0 Å². The summed E-state index contributed by atoms with van der Waals surface area (Å²) >= 11 is 0. The topological polar surface area (TPSA) is 79.3 Å². The van der Waals surface area contributed by atoms with Crippen LogP contribution in [0, 0.1) is 33.6 Å². The van der Waals surface area contributed by atoms with Gasteiger partial charge >= 0.3 is 0 Å². The van der Waals surface area contributed by atoms with Crippen molar-refractivity contribution in [3.8, 4) is 5.69 Å². The lowest BCUT2D eigenvalue weighted by Gasteiger charge is -2.34. The smallest absolute Gasteiger partial charge is 0.227 e. The highest BCUT2D eigenvalue weighted by Gasteiger charge is 2.30. The molecule has 34 heavy (non-hydrogen) atoms. The zero-order chi connectivity index (χ0) is 24.4. The number of amides is 2. The Morgan fingerprint density at radius 1 is 0.912 bits per heavy atom. The van der Waals surface area contributed by atoms with Crippen molar-refractivity contribution in [3.63, 3.8) is 0 Å². The van der Waals surface area contributed by atoms with E-state index in [0.29, 0.717) is 13.1 Å². The molecule has 1 saturated heterocycles. The molecule has 1 aromatic heterocycles. The van der Waals surface area contributed by atoms with E-state index in [1.165, 1.54) is 12.5 Å². The van der Waals surface area contributed by atoms with Crippen LogP contribution >= 0.6 is 0 Å². The summed E-state index contributed by atoms with van der Waals surface area (Å²) in [6, 6.07) is 14.1. The van der Waals surface area contributed by atoms with Gasteiger partial charge in [-0.3, -0.25) is 9.59 Å². The van der Waals surface area contributed by atoms with Gasteiger partial charge in [0, 0.05) is 31.6 Å². The monoisotopic (exact) mass is 459 g/mol. The second-order valence-electron chi connectivity index (χ2n) is 9.24. The largest absolute Gasteiger partial charge is 0.355 e. The predicted octanol–water partition coefficient (Wildman–Crippen LogP) is 4.92. The van der Waals surface area contributed by atoms with Gasteiger partial charge in [0.05, 0.1) is 11.4 Å². The zero-order valence-corrected chi connectivity index (χ0v) is 20.6. The van der Waals surface area contributed by atoms with Gasteiger partial charge in [-0.25, -0.2) is 4.68 Å². The third kappa shape index (κ3) is 4.83. The molecule has 0 radical (unpaired) electrons. The molecule has 2 heterocycles. The van der Waals surface area contributed by atoms with E-state index in [1.807, 2.05) is 55.8 Å². The van der Waals surface area contributed by atoms with Crippen molar-refractivity contribution in [1.29, 1.82) is 0 Å². The summed E-state index contributed by atoms with van der Waals surface area (Å²) < 4.78 is 1.89. The van der Waals surface area contributed by atoms with E-state index in [4.69, 9.17) is 5.10 Å². The lowest BCUT2D eigenvalue weighted by atomic mass is 9.95. The zero-order valence-electron chi connectivity index (χ0n) is 20.6. The second kappa shape index (κ2) is 9.71. The van der Waals surface area contributed by atoms with Crippen molar-refractivity contribution in [2.45, 2.75) is 47.5 Å². The summed E-state index contributed by atoms with van der Waals surface area (Å²) in [4.78, 5) is 27.2. The molecule has 0 spiro atoms. The highest BCUT2D eigenvalue weighted by molar-refractivity contribution is 5.95. The molecule has 2 N–H and O–H groups in total. The van der Waals surface area contributed by atoms with E-state index in [2.05, 4.69) is 34.6 Å². The maximum absolute atomic E-state index is 13.1. The summed E-state index contributed by atoms with van der Waals surface area (Å²) in [5.41, 5.74) is 6.72. The maximum Gasteiger partial charge on any atom is 0.227 e. The molecule has 2 aromatic carbocycles. The molecule has 2 amide bonds. The van der Waals surface area contributed by atoms with Gasteiger partial charge in [-0.2, -0.15) is 5.10 Å². The Labute approximate surface area is 201 Å². The molecule has 3 aromatic rings. The fourth-order valence-electron chi connectivity index (χ4n) is 4.83. The molecular weight excluding hydrogens is 426 g/mol. The number of carbonyl (C=O) groups is 2. The van der Waals surface area contributed by atoms with E-state index in [0.717, 1.165) is 52.5 Å². The molecule has 178 valence electrons. The SMILES string of the molecule is CC(=O)Nc1c(C)nn(-c2ccccc2)c1N1CCC(C(=O)Nc2c(C)cc(C)cc2C)CC1. The average molecular weight is 460 g/mol. The summed E-state index contributed by atoms with van der Waals surface area (Å²) in [6.45, 7) is 11.0. The van der Waals surface area contributed by atoms with Crippen molar-refractivity contribution in [1.82, 2.24) is 9.78 Å². The molecule has 0 aliphatic carbocycles. The number of aryl methyl sites for hydroxylation is 4. The predicted molar refractivity (Wildman–Crippen MR) is 137 cm³/mol. The Morgan fingerprint density at radius 2 is 1.53 bits per heavy atom. The number of carbonyl (C=O) groups excluding carboxylic acids is 2. The molecule has 1 fully saturated rings. The number of hydrogen-bond donors (Lipinski definition) is 2. The molecule has 0 bridgehead atoms. The van der Waals surface area contributed by atoms with Crippen LogP contribution in [0.25, 0.3) is 5.69 Å². The van der Waals surface area contributed by atoms with Crippen LogP contribution in [0.2, 0.25) is 0 Å². The average Bonchev–Trinajstić information content (AvgIpc) is 3.12. The number of aromatic nitrogens is 2. The molecule has 1 aliphatic heterocycles. The lowest BCUT2D eigenvalue weighted by Crippen LogP contribution is -2.39. The second-order valence-corrected chi connectivity index (χ2v) is 9.24. The first kappa shape index (κ1) is 23.5. The lowest BCUT2D eigenvalue weighted by molar-refractivity contribution is -0.120. The Balaban J connectivity index is 1.54. The summed E-state index contributed by atoms with van der Waals surface area (Å²) in [7, 11) is 0. The van der Waals surface area contributed by atoms with Crippen LogP contribution in [0.15, 0.2) is 42.5 Å². The minimum absolute atomic E-state index is 0.0604. The van der Waals surface area contributed by atoms with Crippen molar-refractivity contribution in [2.75, 3.05) is 28.6 Å². The standard InChI is InChI=1S/C27H33N5O2/c1-17-15-18(2)24(19(3)16-17)29-26(34)22-11-13-31(14-12-22)27-25(28-21(5)33)20(4)30-32(27)23-9-7-6-8-10-23/h6-10,15-16,22H,11-14H2,1-5H3,(H,28,33)(H,29,34). The van der Waals surface area contributed by atoms with Gasteiger partial charge in [0.25, 0.3) is 0 Å². The van der Waals surface area contributed by atoms with Crippen LogP contribution < -0.4 is 15.5 Å². The molecule has 0 saturated carbocycles. The number of piperidine rings is 1. The number of hydrogen-bond acceptors (Lipinski definition) is 4. The van der Waals surface area contributed by atoms with Gasteiger partial charge < -0.3 is 15.5 Å². The maximum atomic E-state index is 13.1. The number of nitrogens with one attached hydrogen (secondary N) is 2. The van der Waals surface area contributed by atoms with E-state index in [1.54, 1.807) is 0 Å². The van der Waals surface area contributed by atoms with E-state index in [9.17, 15) is 9.59 Å². The molecule has 7 heteroatoms. The highest BCUT2D eigenvalue weighted by atomic mass is 16.2. The van der Waals surface area contributed by atoms with Gasteiger partial charge in [0.15, 0.2) is 5.82 Å². The molecule has 7 nitrogen and oxygen atoms in total. The molecule has 0 unspecified atom stereocenters. The van der Waals surface area contributed by atoms with E-state index < -0.39 is 0 Å². The Kier molecular flexibility index (Phi) is 6.72. The number of benzene rings is 2. The fourth-order valence-corrected chi connectivity index (χ4v) is 4.83. The quantitative estimate of drug-likeness (QED) is 0.568. The minimum Gasteiger partial charge on any atom is -0.355 e. The molecule has 4 rings (SSSR count). The molecule has 1 aliphatic rings. The van der Waals surface area contributed by atoms with Gasteiger partial charge in [0.2, 0.25) is 11.8 Å². The van der Waals surface area contributed by atoms with Crippen molar-refractivity contribution in [2.24, 2.45) is 5.92 Å². The van der Waals surface area contributed by atoms with Gasteiger partial charge in [-0.15, -0.1) is 0 Å². The Morgan fingerprint density at radius 3 is 2.12 bits per heavy atom. The Hall–Kier alpha value is -3.61. The van der Waals surface area contributed by atoms with Crippen molar-refractivity contribution < 1.29 is 9.59 Å². The van der Waals surface area contributed by atoms with Crippen LogP contribution in [-0.2, 0) is 9.59 Å². The van der Waals surface area contributed by atoms with Crippen LogP contribution in [0.3, 0.4) is 0 Å². The summed E-state index contributed by atoms with van der Waals surface area (Å²) in [5, 5.41) is 10.9. The van der Waals surface area contributed by atoms with Crippen molar-refractivity contribution >= 4 is 29.0 Å². The van der Waals surface area contributed by atoms with Crippen LogP contribution in [0.4, 0.5) is 17.2 Å². The summed E-state index contributed by atoms with van der Waals surface area (Å²) in [5.74, 6) is 0.748. The van der Waals surface area contributed by atoms with E-state index in [-0.39, 0.29) is 17.7 Å². The first-order valence-corrected chi connectivity index (χ1v) is 11.8. The Bertz CT molecular complexity index is 1180. The van der Waals surface area contributed by atoms with Gasteiger partial charge in [-0.05, 0) is 63.8 Å². The number of rotatable bonds is 5. The molecular formula is C27H33N5O2. The van der Waals surface area contributed by atoms with Crippen molar-refractivity contribution in [3.05, 3.63) is 64.8 Å². The first-order chi connectivity index (χ1) is 16.2. The van der Waals surface area contributed by atoms with Crippen LogP contribution in [0.1, 0.15) is 42.1 Å². The third-order valence-corrected chi connectivity index (χ3v) is 6.43. The van der Waals surface area contributed by atoms with Crippen LogP contribution in [-0.4, -0.2) is 34.7 Å². The minimum atomic E-state index is -0.130. The number of anilines is 3. The fraction of sp³-hybridized carbons (Fsp3) is 0.370. The number of nitrogens with zero attached hydrogens (tertiary/aromatic N) is 3. The highest BCUT2D eigenvalue weighted by Crippen LogP contribution is 2.35. The third-order valence-electron chi connectivity index (χ3n) is 6.43. The van der Waals surface area contributed by atoms with Gasteiger partial charge in [0.1, 0.15) is 5.69 Å². The summed E-state index contributed by atoms with van der Waals surface area (Å²) in [6.07, 6.45) is 1.46. The van der Waals surface area contributed by atoms with Crippen LogP contribution in [0.5, 0.6) is 0 Å². The number of para-hydroxylation sites is 1.